The standard InChI is InChI=1S/C15H21FN2O4S.ClH/c1-21-13-7-12(16)15(8-14(13)22-2)23(19,20)18-11-5-9-3-4-10(6-11)17-9;/h7-11,17-18H,3-6H2,1-2H3;1H. The Balaban J connectivity index is 0.00000208. The maximum absolute atomic E-state index is 14.2. The van der Waals surface area contributed by atoms with Gasteiger partial charge in [-0.15, -0.1) is 12.4 Å². The SMILES string of the molecule is COc1cc(F)c(S(=O)(=O)NC2CC3CCC(C2)N3)cc1OC.Cl. The average molecular weight is 381 g/mol. The van der Waals surface area contributed by atoms with Gasteiger partial charge in [-0.25, -0.2) is 17.5 Å². The van der Waals surface area contributed by atoms with Crippen LogP contribution in [0.5, 0.6) is 11.5 Å². The van der Waals surface area contributed by atoms with E-state index in [2.05, 4.69) is 10.0 Å². The molecule has 0 saturated carbocycles. The number of piperidine rings is 1. The minimum absolute atomic E-state index is 0. The van der Waals surface area contributed by atoms with Gasteiger partial charge in [-0.3, -0.25) is 0 Å². The van der Waals surface area contributed by atoms with E-state index in [0.717, 1.165) is 37.8 Å². The summed E-state index contributed by atoms with van der Waals surface area (Å²) in [7, 11) is -1.21. The fraction of sp³-hybridized carbons (Fsp3) is 0.600. The van der Waals surface area contributed by atoms with Crippen molar-refractivity contribution in [3.63, 3.8) is 0 Å². The molecular formula is C15H22ClFN2O4S. The molecule has 1 aromatic rings. The van der Waals surface area contributed by atoms with Crippen LogP contribution in [0, 0.1) is 5.82 Å². The second kappa shape index (κ2) is 7.43. The summed E-state index contributed by atoms with van der Waals surface area (Å²) in [4.78, 5) is -0.416. The van der Waals surface area contributed by atoms with Crippen LogP contribution in [0.2, 0.25) is 0 Å². The van der Waals surface area contributed by atoms with Gasteiger partial charge in [-0.1, -0.05) is 0 Å². The molecule has 9 heteroatoms. The highest BCUT2D eigenvalue weighted by Gasteiger charge is 2.36. The van der Waals surface area contributed by atoms with Crippen molar-refractivity contribution in [1.29, 1.82) is 0 Å². The Labute approximate surface area is 147 Å². The molecular weight excluding hydrogens is 359 g/mol. The number of ether oxygens (including phenoxy) is 2. The van der Waals surface area contributed by atoms with Gasteiger partial charge in [0.15, 0.2) is 11.5 Å². The third-order valence-electron chi connectivity index (χ3n) is 4.52. The van der Waals surface area contributed by atoms with E-state index in [1.54, 1.807) is 0 Å². The molecule has 0 aromatic heterocycles. The molecule has 2 aliphatic heterocycles. The van der Waals surface area contributed by atoms with Crippen LogP contribution in [-0.4, -0.2) is 40.8 Å². The van der Waals surface area contributed by atoms with Gasteiger partial charge in [0, 0.05) is 30.3 Å². The van der Waals surface area contributed by atoms with Gasteiger partial charge in [-0.2, -0.15) is 0 Å². The lowest BCUT2D eigenvalue weighted by Crippen LogP contribution is -2.48. The van der Waals surface area contributed by atoms with Gasteiger partial charge in [0.25, 0.3) is 0 Å². The number of halogens is 2. The lowest BCUT2D eigenvalue weighted by atomic mass is 10.0. The highest BCUT2D eigenvalue weighted by molar-refractivity contribution is 7.89. The van der Waals surface area contributed by atoms with E-state index in [4.69, 9.17) is 9.47 Å². The summed E-state index contributed by atoms with van der Waals surface area (Å²) in [5.41, 5.74) is 0. The maximum atomic E-state index is 14.2. The van der Waals surface area contributed by atoms with E-state index in [9.17, 15) is 12.8 Å². The molecule has 0 spiro atoms. The summed E-state index contributed by atoms with van der Waals surface area (Å²) in [6, 6.07) is 2.70. The third kappa shape index (κ3) is 3.77. The second-order valence-corrected chi connectivity index (χ2v) is 7.75. The summed E-state index contributed by atoms with van der Waals surface area (Å²) in [5, 5.41) is 3.45. The number of sulfonamides is 1. The van der Waals surface area contributed by atoms with Gasteiger partial charge < -0.3 is 14.8 Å². The number of fused-ring (bicyclic) bond motifs is 2. The van der Waals surface area contributed by atoms with Crippen LogP contribution >= 0.6 is 12.4 Å². The van der Waals surface area contributed by atoms with Crippen LogP contribution in [0.15, 0.2) is 17.0 Å². The van der Waals surface area contributed by atoms with Crippen molar-refractivity contribution in [3.05, 3.63) is 17.9 Å². The summed E-state index contributed by atoms with van der Waals surface area (Å²) < 4.78 is 52.0. The zero-order valence-corrected chi connectivity index (χ0v) is 15.2. The van der Waals surface area contributed by atoms with E-state index in [1.807, 2.05) is 0 Å². The molecule has 2 aliphatic rings. The molecule has 2 saturated heterocycles. The van der Waals surface area contributed by atoms with E-state index in [1.165, 1.54) is 14.2 Å². The topological polar surface area (TPSA) is 76.7 Å². The monoisotopic (exact) mass is 380 g/mol. The average Bonchev–Trinajstić information content (AvgIpc) is 2.85. The number of hydrogen-bond donors (Lipinski definition) is 2. The van der Waals surface area contributed by atoms with E-state index < -0.39 is 20.7 Å². The van der Waals surface area contributed by atoms with Crippen molar-refractivity contribution < 1.29 is 22.3 Å². The summed E-state index contributed by atoms with van der Waals surface area (Å²) in [5.74, 6) is -0.518. The molecule has 136 valence electrons. The summed E-state index contributed by atoms with van der Waals surface area (Å²) in [6.45, 7) is 0. The molecule has 2 bridgehead atoms. The van der Waals surface area contributed by atoms with Crippen molar-refractivity contribution in [2.75, 3.05) is 14.2 Å². The highest BCUT2D eigenvalue weighted by atomic mass is 35.5. The van der Waals surface area contributed by atoms with Crippen LogP contribution in [0.3, 0.4) is 0 Å². The number of nitrogens with one attached hydrogen (secondary N) is 2. The van der Waals surface area contributed by atoms with Gasteiger partial charge in [0.2, 0.25) is 10.0 Å². The lowest BCUT2D eigenvalue weighted by molar-refractivity contribution is 0.343. The van der Waals surface area contributed by atoms with Crippen LogP contribution in [0.4, 0.5) is 4.39 Å². The van der Waals surface area contributed by atoms with E-state index in [0.29, 0.717) is 12.1 Å². The minimum atomic E-state index is -3.96. The predicted molar refractivity (Wildman–Crippen MR) is 90.0 cm³/mol. The number of rotatable bonds is 5. The van der Waals surface area contributed by atoms with Gasteiger partial charge in [0.05, 0.1) is 14.2 Å². The molecule has 2 N–H and O–H groups in total. The molecule has 3 rings (SSSR count). The first-order valence-corrected chi connectivity index (χ1v) is 9.11. The Morgan fingerprint density at radius 2 is 1.67 bits per heavy atom. The maximum Gasteiger partial charge on any atom is 0.243 e. The van der Waals surface area contributed by atoms with Crippen molar-refractivity contribution in [2.45, 2.75) is 48.7 Å². The van der Waals surface area contributed by atoms with Gasteiger partial charge >= 0.3 is 0 Å². The van der Waals surface area contributed by atoms with Crippen LogP contribution in [0.25, 0.3) is 0 Å². The predicted octanol–water partition coefficient (Wildman–Crippen LogP) is 1.83. The quantitative estimate of drug-likeness (QED) is 0.815. The Hall–Kier alpha value is -1.09. The third-order valence-corrected chi connectivity index (χ3v) is 6.06. The van der Waals surface area contributed by atoms with E-state index in [-0.39, 0.29) is 29.9 Å². The fourth-order valence-electron chi connectivity index (χ4n) is 3.48. The summed E-state index contributed by atoms with van der Waals surface area (Å²) >= 11 is 0. The van der Waals surface area contributed by atoms with Crippen molar-refractivity contribution in [3.8, 4) is 11.5 Å². The number of benzene rings is 1. The van der Waals surface area contributed by atoms with Crippen molar-refractivity contribution in [1.82, 2.24) is 10.0 Å². The van der Waals surface area contributed by atoms with Crippen molar-refractivity contribution in [2.24, 2.45) is 0 Å². The molecule has 0 amide bonds. The molecule has 2 unspecified atom stereocenters. The first kappa shape index (κ1) is 19.2. The zero-order chi connectivity index (χ0) is 16.6. The van der Waals surface area contributed by atoms with Crippen LogP contribution < -0.4 is 19.5 Å². The Morgan fingerprint density at radius 3 is 2.21 bits per heavy atom. The molecule has 6 nitrogen and oxygen atoms in total. The molecule has 2 atom stereocenters. The van der Waals surface area contributed by atoms with Gasteiger partial charge in [0.1, 0.15) is 10.7 Å². The number of methoxy groups -OCH3 is 2. The normalized spacial score (nSPS) is 25.9. The Kier molecular flexibility index (Phi) is 5.95. The lowest BCUT2D eigenvalue weighted by Gasteiger charge is -2.29. The molecule has 2 fully saturated rings. The first-order valence-electron chi connectivity index (χ1n) is 7.63. The second-order valence-electron chi connectivity index (χ2n) is 6.07. The largest absolute Gasteiger partial charge is 0.493 e. The minimum Gasteiger partial charge on any atom is -0.493 e. The molecule has 0 radical (unpaired) electrons. The summed E-state index contributed by atoms with van der Waals surface area (Å²) in [6.07, 6.45) is 3.58. The van der Waals surface area contributed by atoms with E-state index >= 15 is 0 Å². The van der Waals surface area contributed by atoms with Crippen LogP contribution in [0.1, 0.15) is 25.7 Å². The van der Waals surface area contributed by atoms with Crippen LogP contribution in [-0.2, 0) is 10.0 Å². The molecule has 0 aliphatic carbocycles. The first-order chi connectivity index (χ1) is 10.9. The zero-order valence-electron chi connectivity index (χ0n) is 13.5. The van der Waals surface area contributed by atoms with Crippen molar-refractivity contribution >= 4 is 22.4 Å². The van der Waals surface area contributed by atoms with Gasteiger partial charge in [-0.05, 0) is 25.7 Å². The number of hydrogen-bond acceptors (Lipinski definition) is 5. The molecule has 24 heavy (non-hydrogen) atoms. The Bertz CT molecular complexity index is 689. The highest BCUT2D eigenvalue weighted by Crippen LogP contribution is 2.33. The smallest absolute Gasteiger partial charge is 0.243 e. The fourth-order valence-corrected chi connectivity index (χ4v) is 4.81. The molecule has 2 heterocycles. The Morgan fingerprint density at radius 1 is 1.12 bits per heavy atom. The molecule has 1 aromatic carbocycles.